The van der Waals surface area contributed by atoms with Crippen molar-refractivity contribution in [2.24, 2.45) is 0 Å². The maximum absolute atomic E-state index is 10.5. The van der Waals surface area contributed by atoms with Crippen molar-refractivity contribution < 1.29 is 25.2 Å². The molecule has 1 rings (SSSR count). The van der Waals surface area contributed by atoms with Crippen LogP contribution in [0.5, 0.6) is 0 Å². The van der Waals surface area contributed by atoms with E-state index in [1.807, 2.05) is 0 Å². The van der Waals surface area contributed by atoms with Crippen LogP contribution in [0.1, 0.15) is 12.8 Å². The SMILES string of the molecule is O=C(O)C1(O)C=CCCC1(O)O. The molecule has 4 N–H and O–H groups in total. The third kappa shape index (κ3) is 1.12. The molecule has 0 saturated carbocycles. The van der Waals surface area contributed by atoms with Gasteiger partial charge in [0, 0.05) is 6.42 Å². The summed E-state index contributed by atoms with van der Waals surface area (Å²) in [5.74, 6) is -4.24. The third-order valence-corrected chi connectivity index (χ3v) is 1.96. The molecule has 0 bridgehead atoms. The van der Waals surface area contributed by atoms with Crippen molar-refractivity contribution >= 4 is 5.97 Å². The van der Waals surface area contributed by atoms with Crippen LogP contribution in [0.25, 0.3) is 0 Å². The number of hydrogen-bond acceptors (Lipinski definition) is 4. The average molecular weight is 174 g/mol. The van der Waals surface area contributed by atoms with Gasteiger partial charge in [-0.05, 0) is 12.5 Å². The number of carboxylic acid groups (broad SMARTS) is 1. The number of carboxylic acids is 1. The van der Waals surface area contributed by atoms with Crippen LogP contribution in [0.4, 0.5) is 0 Å². The summed E-state index contributed by atoms with van der Waals surface area (Å²) >= 11 is 0. The van der Waals surface area contributed by atoms with Crippen molar-refractivity contribution in [2.75, 3.05) is 0 Å². The predicted molar refractivity (Wildman–Crippen MR) is 38.1 cm³/mol. The lowest BCUT2D eigenvalue weighted by molar-refractivity contribution is -0.262. The van der Waals surface area contributed by atoms with Crippen LogP contribution in [0.3, 0.4) is 0 Å². The molecule has 1 aliphatic carbocycles. The first-order valence-electron chi connectivity index (χ1n) is 3.48. The van der Waals surface area contributed by atoms with Gasteiger partial charge in [0.05, 0.1) is 0 Å². The molecule has 1 unspecified atom stereocenters. The first-order valence-corrected chi connectivity index (χ1v) is 3.48. The second kappa shape index (κ2) is 2.55. The summed E-state index contributed by atoms with van der Waals surface area (Å²) in [6.07, 6.45) is 2.44. The van der Waals surface area contributed by atoms with Crippen molar-refractivity contribution in [1.29, 1.82) is 0 Å². The van der Waals surface area contributed by atoms with E-state index in [4.69, 9.17) is 15.3 Å². The molecule has 0 aromatic rings. The molecule has 0 fully saturated rings. The van der Waals surface area contributed by atoms with Gasteiger partial charge in [0.25, 0.3) is 0 Å². The Morgan fingerprint density at radius 2 is 1.92 bits per heavy atom. The minimum absolute atomic E-state index is 0.188. The van der Waals surface area contributed by atoms with Crippen molar-refractivity contribution in [3.8, 4) is 0 Å². The van der Waals surface area contributed by atoms with E-state index in [2.05, 4.69) is 0 Å². The number of rotatable bonds is 1. The lowest BCUT2D eigenvalue weighted by Gasteiger charge is -2.36. The zero-order valence-corrected chi connectivity index (χ0v) is 6.27. The number of carbonyl (C=O) groups is 1. The molecule has 68 valence electrons. The van der Waals surface area contributed by atoms with Crippen molar-refractivity contribution in [3.05, 3.63) is 12.2 Å². The van der Waals surface area contributed by atoms with Crippen LogP contribution in [-0.4, -0.2) is 37.8 Å². The highest BCUT2D eigenvalue weighted by Gasteiger charge is 2.53. The minimum atomic E-state index is -2.58. The molecule has 1 aliphatic rings. The molecule has 5 heteroatoms. The van der Waals surface area contributed by atoms with Gasteiger partial charge in [-0.25, -0.2) is 4.79 Å². The van der Waals surface area contributed by atoms with Gasteiger partial charge in [0.15, 0.2) is 0 Å². The highest BCUT2D eigenvalue weighted by molar-refractivity contribution is 5.81. The van der Waals surface area contributed by atoms with E-state index in [-0.39, 0.29) is 6.42 Å². The topological polar surface area (TPSA) is 98.0 Å². The fourth-order valence-corrected chi connectivity index (χ4v) is 1.11. The Balaban J connectivity index is 3.07. The number of allylic oxidation sites excluding steroid dienone is 1. The molecule has 0 aromatic heterocycles. The summed E-state index contributed by atoms with van der Waals surface area (Å²) < 4.78 is 0. The Morgan fingerprint density at radius 3 is 2.25 bits per heavy atom. The first-order chi connectivity index (χ1) is 5.40. The Kier molecular flexibility index (Phi) is 1.95. The van der Waals surface area contributed by atoms with Crippen molar-refractivity contribution in [3.63, 3.8) is 0 Å². The Labute approximate surface area is 68.6 Å². The molecule has 0 spiro atoms. The highest BCUT2D eigenvalue weighted by atomic mass is 16.5. The van der Waals surface area contributed by atoms with Crippen LogP contribution in [0.2, 0.25) is 0 Å². The molecule has 0 aromatic carbocycles. The minimum Gasteiger partial charge on any atom is -0.479 e. The van der Waals surface area contributed by atoms with E-state index in [0.717, 1.165) is 6.08 Å². The number of hydrogen-bond donors (Lipinski definition) is 4. The normalized spacial score (nSPS) is 33.2. The van der Waals surface area contributed by atoms with Crippen LogP contribution in [-0.2, 0) is 4.79 Å². The molecule has 5 nitrogen and oxygen atoms in total. The van der Waals surface area contributed by atoms with Gasteiger partial charge < -0.3 is 20.4 Å². The summed E-state index contributed by atoms with van der Waals surface area (Å²) in [7, 11) is 0. The fraction of sp³-hybridized carbons (Fsp3) is 0.571. The largest absolute Gasteiger partial charge is 0.479 e. The average Bonchev–Trinajstić information content (AvgIpc) is 1.95. The van der Waals surface area contributed by atoms with Gasteiger partial charge in [-0.2, -0.15) is 0 Å². The fourth-order valence-electron chi connectivity index (χ4n) is 1.11. The monoisotopic (exact) mass is 174 g/mol. The highest BCUT2D eigenvalue weighted by Crippen LogP contribution is 2.30. The molecular formula is C7H10O5. The van der Waals surface area contributed by atoms with Crippen LogP contribution in [0, 0.1) is 0 Å². The zero-order valence-electron chi connectivity index (χ0n) is 6.27. The van der Waals surface area contributed by atoms with E-state index in [1.165, 1.54) is 6.08 Å². The summed E-state index contributed by atoms with van der Waals surface area (Å²) in [5, 5.41) is 36.1. The quantitative estimate of drug-likeness (QED) is 0.297. The Bertz CT molecular complexity index is 232. The molecule has 0 radical (unpaired) electrons. The molecule has 12 heavy (non-hydrogen) atoms. The lowest BCUT2D eigenvalue weighted by atomic mass is 9.85. The molecule has 0 aliphatic heterocycles. The molecular weight excluding hydrogens is 164 g/mol. The van der Waals surface area contributed by atoms with Gasteiger partial charge >= 0.3 is 5.97 Å². The standard InChI is InChI=1S/C7H10O5/c8-5(9)6(10)3-1-2-4-7(6,11)12/h1,3,10-12H,2,4H2,(H,8,9). The van der Waals surface area contributed by atoms with E-state index in [9.17, 15) is 9.90 Å². The van der Waals surface area contributed by atoms with Gasteiger partial charge in [-0.1, -0.05) is 6.08 Å². The second-order valence-electron chi connectivity index (χ2n) is 2.83. The van der Waals surface area contributed by atoms with Gasteiger partial charge in [0.2, 0.25) is 11.4 Å². The van der Waals surface area contributed by atoms with Gasteiger partial charge in [-0.3, -0.25) is 0 Å². The van der Waals surface area contributed by atoms with Crippen molar-refractivity contribution in [1.82, 2.24) is 0 Å². The summed E-state index contributed by atoms with van der Waals surface area (Å²) in [6.45, 7) is 0. The maximum Gasteiger partial charge on any atom is 0.345 e. The maximum atomic E-state index is 10.5. The van der Waals surface area contributed by atoms with E-state index < -0.39 is 17.4 Å². The van der Waals surface area contributed by atoms with Gasteiger partial charge in [0.1, 0.15) is 0 Å². The van der Waals surface area contributed by atoms with Crippen molar-refractivity contribution in [2.45, 2.75) is 24.2 Å². The molecule has 0 heterocycles. The second-order valence-corrected chi connectivity index (χ2v) is 2.83. The summed E-state index contributed by atoms with van der Waals surface area (Å²) in [4.78, 5) is 10.5. The molecule has 1 atom stereocenters. The first kappa shape index (κ1) is 9.18. The van der Waals surface area contributed by atoms with E-state index in [0.29, 0.717) is 6.42 Å². The molecule has 0 amide bonds. The number of aliphatic carboxylic acids is 1. The Morgan fingerprint density at radius 1 is 1.33 bits per heavy atom. The van der Waals surface area contributed by atoms with Crippen LogP contribution in [0.15, 0.2) is 12.2 Å². The predicted octanol–water partition coefficient (Wildman–Crippen LogP) is -1.17. The van der Waals surface area contributed by atoms with E-state index in [1.54, 1.807) is 0 Å². The summed E-state index contributed by atoms with van der Waals surface area (Å²) in [6, 6.07) is 0. The van der Waals surface area contributed by atoms with Gasteiger partial charge in [-0.15, -0.1) is 0 Å². The lowest BCUT2D eigenvalue weighted by Crippen LogP contribution is -2.59. The Hall–Kier alpha value is -0.910. The molecule has 0 saturated heterocycles. The summed E-state index contributed by atoms with van der Waals surface area (Å²) in [5.41, 5.74) is -2.58. The smallest absolute Gasteiger partial charge is 0.345 e. The zero-order chi connectivity index (χ0) is 9.41. The van der Waals surface area contributed by atoms with Crippen LogP contribution < -0.4 is 0 Å². The van der Waals surface area contributed by atoms with Crippen LogP contribution >= 0.6 is 0 Å². The number of aliphatic hydroxyl groups is 3. The third-order valence-electron chi connectivity index (χ3n) is 1.96. The van der Waals surface area contributed by atoms with E-state index >= 15 is 0 Å².